The van der Waals surface area contributed by atoms with Crippen LogP contribution in [-0.2, 0) is 14.3 Å². The van der Waals surface area contributed by atoms with Gasteiger partial charge in [-0.05, 0) is 24.0 Å². The van der Waals surface area contributed by atoms with Gasteiger partial charge in [-0.2, -0.15) is 0 Å². The van der Waals surface area contributed by atoms with E-state index in [9.17, 15) is 14.7 Å². The zero-order valence-electron chi connectivity index (χ0n) is 11.0. The first-order chi connectivity index (χ1) is 8.99. The SMILES string of the molecule is COC(=O)[C@H](NC(C)=O)[C@@H](O)c1ccc(SC)cc1. The van der Waals surface area contributed by atoms with Crippen LogP contribution < -0.4 is 5.32 Å². The molecule has 19 heavy (non-hydrogen) atoms. The van der Waals surface area contributed by atoms with Gasteiger partial charge in [-0.15, -0.1) is 11.8 Å². The minimum absolute atomic E-state index is 0.407. The monoisotopic (exact) mass is 283 g/mol. The molecule has 0 aromatic heterocycles. The third kappa shape index (κ3) is 4.25. The predicted octanol–water partition coefficient (Wildman–Crippen LogP) is 1.12. The van der Waals surface area contributed by atoms with Crippen LogP contribution in [-0.4, -0.2) is 36.4 Å². The number of carbonyl (C=O) groups excluding carboxylic acids is 2. The molecule has 0 saturated carbocycles. The maximum absolute atomic E-state index is 11.6. The molecule has 1 aromatic carbocycles. The van der Waals surface area contributed by atoms with Gasteiger partial charge in [0.25, 0.3) is 0 Å². The van der Waals surface area contributed by atoms with E-state index in [0.29, 0.717) is 5.56 Å². The third-order valence-corrected chi connectivity index (χ3v) is 3.33. The molecule has 0 aliphatic carbocycles. The second-order valence-corrected chi connectivity index (χ2v) is 4.80. The van der Waals surface area contributed by atoms with Crippen LogP contribution in [0.25, 0.3) is 0 Å². The number of benzene rings is 1. The lowest BCUT2D eigenvalue weighted by atomic mass is 10.0. The average Bonchev–Trinajstić information content (AvgIpc) is 2.43. The molecule has 0 unspecified atom stereocenters. The molecule has 0 aliphatic rings. The van der Waals surface area contributed by atoms with Gasteiger partial charge < -0.3 is 15.2 Å². The highest BCUT2D eigenvalue weighted by atomic mass is 32.2. The minimum Gasteiger partial charge on any atom is -0.467 e. The smallest absolute Gasteiger partial charge is 0.331 e. The summed E-state index contributed by atoms with van der Waals surface area (Å²) in [5.74, 6) is -1.09. The number of aliphatic hydroxyl groups excluding tert-OH is 1. The summed E-state index contributed by atoms with van der Waals surface area (Å²) in [6.45, 7) is 1.28. The minimum atomic E-state index is -1.15. The highest BCUT2D eigenvalue weighted by Crippen LogP contribution is 2.21. The molecule has 2 N–H and O–H groups in total. The summed E-state index contributed by atoms with van der Waals surface area (Å²) in [4.78, 5) is 23.7. The van der Waals surface area contributed by atoms with Crippen molar-refractivity contribution in [3.05, 3.63) is 29.8 Å². The molecule has 0 spiro atoms. The van der Waals surface area contributed by atoms with Crippen molar-refractivity contribution in [2.45, 2.75) is 24.0 Å². The molecule has 2 atom stereocenters. The van der Waals surface area contributed by atoms with Gasteiger partial charge >= 0.3 is 5.97 Å². The first-order valence-electron chi connectivity index (χ1n) is 5.66. The van der Waals surface area contributed by atoms with Gasteiger partial charge in [-0.3, -0.25) is 4.79 Å². The standard InChI is InChI=1S/C13H17NO4S/c1-8(15)14-11(13(17)18-2)12(16)9-4-6-10(19-3)7-5-9/h4-7,11-12,16H,1-3H3,(H,14,15)/t11-,12+/m1/s1. The van der Waals surface area contributed by atoms with Gasteiger partial charge in [0.1, 0.15) is 6.10 Å². The van der Waals surface area contributed by atoms with E-state index < -0.39 is 24.0 Å². The van der Waals surface area contributed by atoms with Crippen LogP contribution in [0.1, 0.15) is 18.6 Å². The maximum Gasteiger partial charge on any atom is 0.331 e. The highest BCUT2D eigenvalue weighted by molar-refractivity contribution is 7.98. The number of hydrogen-bond donors (Lipinski definition) is 2. The number of esters is 1. The molecule has 0 bridgehead atoms. The molecule has 104 valence electrons. The molecule has 0 fully saturated rings. The van der Waals surface area contributed by atoms with Crippen molar-refractivity contribution >= 4 is 23.6 Å². The molecule has 0 heterocycles. The second-order valence-electron chi connectivity index (χ2n) is 3.92. The number of rotatable bonds is 5. The summed E-state index contributed by atoms with van der Waals surface area (Å²) in [6.07, 6.45) is 0.798. The van der Waals surface area contributed by atoms with E-state index in [4.69, 9.17) is 0 Å². The fourth-order valence-corrected chi connectivity index (χ4v) is 2.01. The number of nitrogens with one attached hydrogen (secondary N) is 1. The van der Waals surface area contributed by atoms with Gasteiger partial charge in [0.15, 0.2) is 6.04 Å². The summed E-state index contributed by atoms with van der Waals surface area (Å²) in [5, 5.41) is 12.6. The third-order valence-electron chi connectivity index (χ3n) is 2.59. The van der Waals surface area contributed by atoms with Gasteiger partial charge in [0.2, 0.25) is 5.91 Å². The van der Waals surface area contributed by atoms with Gasteiger partial charge in [0, 0.05) is 11.8 Å². The van der Waals surface area contributed by atoms with Crippen molar-refractivity contribution in [1.29, 1.82) is 0 Å². The number of carbonyl (C=O) groups is 2. The number of amides is 1. The zero-order valence-corrected chi connectivity index (χ0v) is 11.9. The van der Waals surface area contributed by atoms with Crippen LogP contribution >= 0.6 is 11.8 Å². The fraction of sp³-hybridized carbons (Fsp3) is 0.385. The van der Waals surface area contributed by atoms with E-state index >= 15 is 0 Å². The highest BCUT2D eigenvalue weighted by Gasteiger charge is 2.29. The number of methoxy groups -OCH3 is 1. The molecule has 1 rings (SSSR count). The molecule has 0 aliphatic heterocycles. The van der Waals surface area contributed by atoms with E-state index in [-0.39, 0.29) is 0 Å². The Morgan fingerprint density at radius 3 is 2.32 bits per heavy atom. The average molecular weight is 283 g/mol. The Kier molecular flexibility index (Phi) is 5.85. The summed E-state index contributed by atoms with van der Waals surface area (Å²) >= 11 is 1.58. The Bertz CT molecular complexity index is 446. The molecular weight excluding hydrogens is 266 g/mol. The molecular formula is C13H17NO4S. The Labute approximate surface area is 116 Å². The second kappa shape index (κ2) is 7.16. The van der Waals surface area contributed by atoms with Gasteiger partial charge in [-0.1, -0.05) is 12.1 Å². The number of ether oxygens (including phenoxy) is 1. The maximum atomic E-state index is 11.6. The van der Waals surface area contributed by atoms with Crippen molar-refractivity contribution in [2.75, 3.05) is 13.4 Å². The van der Waals surface area contributed by atoms with Crippen LogP contribution in [0.4, 0.5) is 0 Å². The van der Waals surface area contributed by atoms with E-state index in [0.717, 1.165) is 4.90 Å². The van der Waals surface area contributed by atoms with Crippen LogP contribution in [0, 0.1) is 0 Å². The molecule has 1 amide bonds. The van der Waals surface area contributed by atoms with Crippen molar-refractivity contribution < 1.29 is 19.4 Å². The normalized spacial score (nSPS) is 13.5. The van der Waals surface area contributed by atoms with E-state index in [1.165, 1.54) is 14.0 Å². The lowest BCUT2D eigenvalue weighted by molar-refractivity contribution is -0.148. The Balaban J connectivity index is 2.93. The summed E-state index contributed by atoms with van der Waals surface area (Å²) in [5.41, 5.74) is 0.543. The molecule has 1 aromatic rings. The Hall–Kier alpha value is -1.53. The van der Waals surface area contributed by atoms with Gasteiger partial charge in [0.05, 0.1) is 7.11 Å². The molecule has 5 nitrogen and oxygen atoms in total. The topological polar surface area (TPSA) is 75.6 Å². The quantitative estimate of drug-likeness (QED) is 0.625. The van der Waals surface area contributed by atoms with Crippen LogP contribution in [0.2, 0.25) is 0 Å². The van der Waals surface area contributed by atoms with Crippen LogP contribution in [0.5, 0.6) is 0 Å². The largest absolute Gasteiger partial charge is 0.467 e. The first-order valence-corrected chi connectivity index (χ1v) is 6.89. The van der Waals surface area contributed by atoms with Gasteiger partial charge in [-0.25, -0.2) is 4.79 Å². The Morgan fingerprint density at radius 2 is 1.89 bits per heavy atom. The number of thioether (sulfide) groups is 1. The summed E-state index contributed by atoms with van der Waals surface area (Å²) in [6, 6.07) is 6.00. The first kappa shape index (κ1) is 15.5. The van der Waals surface area contributed by atoms with Crippen molar-refractivity contribution in [3.63, 3.8) is 0 Å². The van der Waals surface area contributed by atoms with Crippen molar-refractivity contribution in [2.24, 2.45) is 0 Å². The lowest BCUT2D eigenvalue weighted by Gasteiger charge is -2.21. The van der Waals surface area contributed by atoms with E-state index in [1.807, 2.05) is 18.4 Å². The lowest BCUT2D eigenvalue weighted by Crippen LogP contribution is -2.44. The van der Waals surface area contributed by atoms with Crippen LogP contribution in [0.3, 0.4) is 0 Å². The van der Waals surface area contributed by atoms with Crippen molar-refractivity contribution in [1.82, 2.24) is 5.32 Å². The van der Waals surface area contributed by atoms with E-state index in [1.54, 1.807) is 23.9 Å². The number of hydrogen-bond acceptors (Lipinski definition) is 5. The Morgan fingerprint density at radius 1 is 1.32 bits per heavy atom. The zero-order chi connectivity index (χ0) is 14.4. The van der Waals surface area contributed by atoms with E-state index in [2.05, 4.69) is 10.1 Å². The number of aliphatic hydroxyl groups is 1. The predicted molar refractivity (Wildman–Crippen MR) is 72.8 cm³/mol. The molecule has 0 saturated heterocycles. The summed E-state index contributed by atoms with van der Waals surface area (Å²) in [7, 11) is 1.21. The molecule has 0 radical (unpaired) electrons. The van der Waals surface area contributed by atoms with Crippen molar-refractivity contribution in [3.8, 4) is 0 Å². The molecule has 6 heteroatoms. The summed E-state index contributed by atoms with van der Waals surface area (Å²) < 4.78 is 4.58. The van der Waals surface area contributed by atoms with Crippen LogP contribution in [0.15, 0.2) is 29.2 Å². The fourth-order valence-electron chi connectivity index (χ4n) is 1.61.